The number of methoxy groups -OCH3 is 1. The summed E-state index contributed by atoms with van der Waals surface area (Å²) in [5, 5.41) is 3.09. The molecule has 0 saturated heterocycles. The highest BCUT2D eigenvalue weighted by Gasteiger charge is 2.43. The molecule has 0 atom stereocenters. The maximum Gasteiger partial charge on any atom is 0.331 e. The Morgan fingerprint density at radius 1 is 1.38 bits per heavy atom. The summed E-state index contributed by atoms with van der Waals surface area (Å²) in [6.07, 6.45) is 2.78. The van der Waals surface area contributed by atoms with Crippen molar-refractivity contribution in [2.75, 3.05) is 19.0 Å². The fraction of sp³-hybridized carbons (Fsp3) is 0.562. The van der Waals surface area contributed by atoms with Crippen molar-refractivity contribution >= 4 is 11.7 Å². The molecule has 1 aromatic rings. The first-order chi connectivity index (χ1) is 10.1. The van der Waals surface area contributed by atoms with Crippen molar-refractivity contribution in [3.8, 4) is 0 Å². The van der Waals surface area contributed by atoms with Crippen molar-refractivity contribution in [1.82, 2.24) is 0 Å². The normalized spacial score (nSPS) is 25.4. The number of hydrogen-bond donors (Lipinski definition) is 1. The first-order valence-corrected chi connectivity index (χ1v) is 7.34. The summed E-state index contributed by atoms with van der Waals surface area (Å²) in [5.41, 5.74) is -0.533. The van der Waals surface area contributed by atoms with Crippen LogP contribution in [0.4, 0.5) is 10.1 Å². The first-order valence-electron chi connectivity index (χ1n) is 7.34. The van der Waals surface area contributed by atoms with Gasteiger partial charge in [0.05, 0.1) is 18.4 Å². The van der Waals surface area contributed by atoms with Gasteiger partial charge in [-0.3, -0.25) is 0 Å². The van der Waals surface area contributed by atoms with Crippen LogP contribution < -0.4 is 5.32 Å². The van der Waals surface area contributed by atoms with E-state index < -0.39 is 5.54 Å². The Labute approximate surface area is 124 Å². The zero-order valence-electron chi connectivity index (χ0n) is 12.5. The second-order valence-corrected chi connectivity index (χ2v) is 5.34. The molecule has 1 N–H and O–H groups in total. The fourth-order valence-corrected chi connectivity index (χ4v) is 2.79. The van der Waals surface area contributed by atoms with Gasteiger partial charge in [-0.15, -0.1) is 0 Å². The molecule has 1 aromatic carbocycles. The molecular formula is C16H22FNO3. The van der Waals surface area contributed by atoms with E-state index in [1.165, 1.54) is 6.07 Å². The smallest absolute Gasteiger partial charge is 0.331 e. The van der Waals surface area contributed by atoms with Gasteiger partial charge in [-0.05, 0) is 44.7 Å². The van der Waals surface area contributed by atoms with Crippen molar-refractivity contribution < 1.29 is 18.7 Å². The molecule has 0 aliphatic heterocycles. The molecule has 21 heavy (non-hydrogen) atoms. The van der Waals surface area contributed by atoms with Crippen LogP contribution in [0, 0.1) is 5.82 Å². The predicted molar refractivity (Wildman–Crippen MR) is 78.7 cm³/mol. The number of rotatable bonds is 5. The number of anilines is 1. The summed E-state index contributed by atoms with van der Waals surface area (Å²) in [7, 11) is 1.67. The lowest BCUT2D eigenvalue weighted by molar-refractivity contribution is -0.150. The molecule has 0 radical (unpaired) electrons. The summed E-state index contributed by atoms with van der Waals surface area (Å²) in [6, 6.07) is 6.38. The van der Waals surface area contributed by atoms with E-state index in [1.807, 2.05) is 0 Å². The number of carbonyl (C=O) groups excluding carboxylic acids is 1. The van der Waals surface area contributed by atoms with E-state index in [0.717, 1.165) is 12.8 Å². The molecule has 1 aliphatic rings. The lowest BCUT2D eigenvalue weighted by Gasteiger charge is -2.39. The van der Waals surface area contributed by atoms with Gasteiger partial charge >= 0.3 is 5.97 Å². The van der Waals surface area contributed by atoms with Gasteiger partial charge in [-0.25, -0.2) is 9.18 Å². The molecule has 5 heteroatoms. The quantitative estimate of drug-likeness (QED) is 0.848. The molecule has 1 aliphatic carbocycles. The summed E-state index contributed by atoms with van der Waals surface area (Å²) >= 11 is 0. The Balaban J connectivity index is 2.21. The summed E-state index contributed by atoms with van der Waals surface area (Å²) in [4.78, 5) is 12.4. The predicted octanol–water partition coefficient (Wildman–Crippen LogP) is 3.13. The Morgan fingerprint density at radius 2 is 2.05 bits per heavy atom. The lowest BCUT2D eigenvalue weighted by Crippen LogP contribution is -2.51. The molecule has 4 nitrogen and oxygen atoms in total. The fourth-order valence-electron chi connectivity index (χ4n) is 2.79. The number of carbonyl (C=O) groups is 1. The van der Waals surface area contributed by atoms with E-state index in [9.17, 15) is 9.18 Å². The van der Waals surface area contributed by atoms with Crippen LogP contribution in [0.5, 0.6) is 0 Å². The summed E-state index contributed by atoms with van der Waals surface area (Å²) in [5.74, 6) is -0.683. The Kier molecular flexibility index (Phi) is 5.17. The third-order valence-electron chi connectivity index (χ3n) is 4.03. The number of hydrogen-bond acceptors (Lipinski definition) is 4. The Morgan fingerprint density at radius 3 is 2.62 bits per heavy atom. The molecule has 116 valence electrons. The standard InChI is InChI=1S/C16H22FNO3/c1-3-21-15(19)16(10-8-12(20-2)9-11-16)18-14-7-5-4-6-13(14)17/h4-7,12,18H,3,8-11H2,1-2H3. The van der Waals surface area contributed by atoms with E-state index in [4.69, 9.17) is 9.47 Å². The van der Waals surface area contributed by atoms with E-state index >= 15 is 0 Å². The summed E-state index contributed by atoms with van der Waals surface area (Å²) < 4.78 is 24.4. The molecule has 1 fully saturated rings. The molecule has 0 heterocycles. The maximum atomic E-state index is 13.9. The van der Waals surface area contributed by atoms with Gasteiger partial charge in [0.1, 0.15) is 11.4 Å². The largest absolute Gasteiger partial charge is 0.464 e. The van der Waals surface area contributed by atoms with Crippen LogP contribution in [0.1, 0.15) is 32.6 Å². The number of ether oxygens (including phenoxy) is 2. The van der Waals surface area contributed by atoms with Gasteiger partial charge in [0.25, 0.3) is 0 Å². The minimum atomic E-state index is -0.868. The maximum absolute atomic E-state index is 13.9. The Bertz CT molecular complexity index is 484. The van der Waals surface area contributed by atoms with Crippen molar-refractivity contribution in [1.29, 1.82) is 0 Å². The second kappa shape index (κ2) is 6.89. The minimum absolute atomic E-state index is 0.148. The lowest BCUT2D eigenvalue weighted by atomic mass is 9.80. The molecule has 0 aromatic heterocycles. The second-order valence-electron chi connectivity index (χ2n) is 5.34. The molecule has 1 saturated carbocycles. The van der Waals surface area contributed by atoms with E-state index in [1.54, 1.807) is 32.2 Å². The van der Waals surface area contributed by atoms with Gasteiger partial charge in [0.15, 0.2) is 0 Å². The molecular weight excluding hydrogens is 273 g/mol. The third-order valence-corrected chi connectivity index (χ3v) is 4.03. The van der Waals surface area contributed by atoms with Gasteiger partial charge < -0.3 is 14.8 Å². The zero-order valence-corrected chi connectivity index (χ0v) is 12.5. The number of para-hydroxylation sites is 1. The number of esters is 1. The van der Waals surface area contributed by atoms with Gasteiger partial charge in [-0.1, -0.05) is 12.1 Å². The minimum Gasteiger partial charge on any atom is -0.464 e. The van der Waals surface area contributed by atoms with Crippen LogP contribution in [-0.4, -0.2) is 31.3 Å². The third kappa shape index (κ3) is 3.53. The molecule has 0 amide bonds. The molecule has 0 bridgehead atoms. The highest BCUT2D eigenvalue weighted by molar-refractivity contribution is 5.84. The molecule has 0 unspecified atom stereocenters. The van der Waals surface area contributed by atoms with Crippen LogP contribution in [0.2, 0.25) is 0 Å². The van der Waals surface area contributed by atoms with Crippen molar-refractivity contribution in [3.05, 3.63) is 30.1 Å². The van der Waals surface area contributed by atoms with E-state index in [0.29, 0.717) is 25.1 Å². The first kappa shape index (κ1) is 15.8. The van der Waals surface area contributed by atoms with Gasteiger partial charge in [-0.2, -0.15) is 0 Å². The van der Waals surface area contributed by atoms with Crippen LogP contribution in [0.25, 0.3) is 0 Å². The van der Waals surface area contributed by atoms with Gasteiger partial charge in [0.2, 0.25) is 0 Å². The van der Waals surface area contributed by atoms with Crippen LogP contribution in [0.3, 0.4) is 0 Å². The van der Waals surface area contributed by atoms with Gasteiger partial charge in [0, 0.05) is 7.11 Å². The number of halogens is 1. The molecule has 2 rings (SSSR count). The topological polar surface area (TPSA) is 47.6 Å². The van der Waals surface area contributed by atoms with E-state index in [2.05, 4.69) is 5.32 Å². The number of benzene rings is 1. The van der Waals surface area contributed by atoms with Crippen LogP contribution >= 0.6 is 0 Å². The van der Waals surface area contributed by atoms with Crippen molar-refractivity contribution in [3.63, 3.8) is 0 Å². The SMILES string of the molecule is CCOC(=O)C1(Nc2ccccc2F)CCC(OC)CC1. The van der Waals surface area contributed by atoms with Crippen molar-refractivity contribution in [2.45, 2.75) is 44.2 Å². The summed E-state index contributed by atoms with van der Waals surface area (Å²) in [6.45, 7) is 2.09. The highest BCUT2D eigenvalue weighted by Crippen LogP contribution is 2.34. The average molecular weight is 295 g/mol. The average Bonchev–Trinajstić information content (AvgIpc) is 2.50. The number of nitrogens with one attached hydrogen (secondary N) is 1. The Hall–Kier alpha value is -1.62. The van der Waals surface area contributed by atoms with E-state index in [-0.39, 0.29) is 17.9 Å². The zero-order chi connectivity index (χ0) is 15.3. The van der Waals surface area contributed by atoms with Crippen LogP contribution in [0.15, 0.2) is 24.3 Å². The molecule has 0 spiro atoms. The van der Waals surface area contributed by atoms with Crippen molar-refractivity contribution in [2.24, 2.45) is 0 Å². The highest BCUT2D eigenvalue weighted by atomic mass is 19.1. The monoisotopic (exact) mass is 295 g/mol. The van der Waals surface area contributed by atoms with Crippen LogP contribution in [-0.2, 0) is 14.3 Å².